The maximum atomic E-state index is 12.6. The molecular weight excluding hydrogens is 355 g/mol. The Morgan fingerprint density at radius 1 is 1.40 bits per heavy atom. The number of halogens is 3. The number of fused-ring (bicyclic) bond motifs is 1. The van der Waals surface area contributed by atoms with Crippen LogP contribution in [0.25, 0.3) is 4.96 Å². The Bertz CT molecular complexity index is 1030. The van der Waals surface area contributed by atoms with Crippen LogP contribution in [0.1, 0.15) is 28.8 Å². The SMILES string of the molecule is CN=C(C)c1c(C)sc2nc(Cn3cc(C(F)(F)F)cn3)cc(=O)n12. The molecule has 0 radical (unpaired) electrons. The van der Waals surface area contributed by atoms with Crippen LogP contribution in [0.5, 0.6) is 0 Å². The normalized spacial score (nSPS) is 13.0. The van der Waals surface area contributed by atoms with Crippen molar-refractivity contribution in [1.82, 2.24) is 19.2 Å². The lowest BCUT2D eigenvalue weighted by atomic mass is 10.2. The first-order chi connectivity index (χ1) is 11.7. The molecule has 3 heterocycles. The average molecular weight is 369 g/mol. The Morgan fingerprint density at radius 2 is 2.12 bits per heavy atom. The summed E-state index contributed by atoms with van der Waals surface area (Å²) in [5, 5.41) is 3.68. The van der Waals surface area contributed by atoms with Crippen LogP contribution < -0.4 is 5.56 Å². The van der Waals surface area contributed by atoms with Gasteiger partial charge in [-0.15, -0.1) is 11.3 Å². The number of hydrogen-bond acceptors (Lipinski definition) is 5. The first-order valence-electron chi connectivity index (χ1n) is 7.26. The smallest absolute Gasteiger partial charge is 0.291 e. The minimum atomic E-state index is -4.45. The van der Waals surface area contributed by atoms with E-state index in [1.807, 2.05) is 6.92 Å². The molecule has 0 aliphatic rings. The van der Waals surface area contributed by atoms with E-state index in [1.54, 1.807) is 14.0 Å². The Hall–Kier alpha value is -2.49. The van der Waals surface area contributed by atoms with E-state index in [0.29, 0.717) is 22.1 Å². The molecule has 0 amide bonds. The van der Waals surface area contributed by atoms with E-state index < -0.39 is 11.7 Å². The van der Waals surface area contributed by atoms with E-state index >= 15 is 0 Å². The van der Waals surface area contributed by atoms with Crippen molar-refractivity contribution in [3.8, 4) is 0 Å². The van der Waals surface area contributed by atoms with Gasteiger partial charge in [-0.1, -0.05) is 0 Å². The number of hydrogen-bond donors (Lipinski definition) is 0. The van der Waals surface area contributed by atoms with Crippen LogP contribution in [0.4, 0.5) is 13.2 Å². The molecule has 0 aromatic carbocycles. The van der Waals surface area contributed by atoms with Crippen molar-refractivity contribution in [2.24, 2.45) is 4.99 Å². The zero-order chi connectivity index (χ0) is 18.4. The fourth-order valence-electron chi connectivity index (χ4n) is 2.49. The third-order valence-corrected chi connectivity index (χ3v) is 4.66. The van der Waals surface area contributed by atoms with Crippen molar-refractivity contribution < 1.29 is 13.2 Å². The number of nitrogens with zero attached hydrogens (tertiary/aromatic N) is 5. The van der Waals surface area contributed by atoms with E-state index in [4.69, 9.17) is 0 Å². The minimum Gasteiger partial charge on any atom is -0.291 e. The van der Waals surface area contributed by atoms with Gasteiger partial charge in [-0.25, -0.2) is 9.38 Å². The van der Waals surface area contributed by atoms with Crippen LogP contribution in [0.3, 0.4) is 0 Å². The third kappa shape index (κ3) is 3.21. The number of thiazole rings is 1. The van der Waals surface area contributed by atoms with Crippen LogP contribution in [-0.2, 0) is 12.7 Å². The summed E-state index contributed by atoms with van der Waals surface area (Å²) in [5.74, 6) is 0. The van der Waals surface area contributed by atoms with E-state index in [0.717, 1.165) is 22.0 Å². The van der Waals surface area contributed by atoms with Crippen LogP contribution in [0.2, 0.25) is 0 Å². The van der Waals surface area contributed by atoms with E-state index in [1.165, 1.54) is 21.8 Å². The van der Waals surface area contributed by atoms with Gasteiger partial charge in [0.15, 0.2) is 4.96 Å². The van der Waals surface area contributed by atoms with Gasteiger partial charge in [-0.2, -0.15) is 18.3 Å². The first kappa shape index (κ1) is 17.3. The van der Waals surface area contributed by atoms with Crippen molar-refractivity contribution in [3.63, 3.8) is 0 Å². The molecule has 132 valence electrons. The van der Waals surface area contributed by atoms with Crippen molar-refractivity contribution >= 4 is 22.0 Å². The lowest BCUT2D eigenvalue weighted by molar-refractivity contribution is -0.137. The molecule has 3 aromatic rings. The molecule has 0 spiro atoms. The van der Waals surface area contributed by atoms with E-state index in [2.05, 4.69) is 15.1 Å². The predicted octanol–water partition coefficient (Wildman–Crippen LogP) is 2.77. The molecule has 25 heavy (non-hydrogen) atoms. The molecule has 0 atom stereocenters. The molecule has 6 nitrogen and oxygen atoms in total. The molecule has 0 bridgehead atoms. The zero-order valence-electron chi connectivity index (χ0n) is 13.6. The minimum absolute atomic E-state index is 0.0189. The monoisotopic (exact) mass is 369 g/mol. The van der Waals surface area contributed by atoms with Gasteiger partial charge in [-0.05, 0) is 13.8 Å². The largest absolute Gasteiger partial charge is 0.419 e. The second kappa shape index (κ2) is 6.10. The third-order valence-electron chi connectivity index (χ3n) is 3.71. The zero-order valence-corrected chi connectivity index (χ0v) is 14.4. The van der Waals surface area contributed by atoms with Gasteiger partial charge in [-0.3, -0.25) is 14.5 Å². The molecule has 3 aromatic heterocycles. The van der Waals surface area contributed by atoms with Crippen LogP contribution in [0.15, 0.2) is 28.2 Å². The lowest BCUT2D eigenvalue weighted by Crippen LogP contribution is -2.19. The molecule has 0 saturated heterocycles. The summed E-state index contributed by atoms with van der Waals surface area (Å²) in [7, 11) is 1.64. The fraction of sp³-hybridized carbons (Fsp3) is 0.333. The predicted molar refractivity (Wildman–Crippen MR) is 88.5 cm³/mol. The van der Waals surface area contributed by atoms with Crippen molar-refractivity contribution in [1.29, 1.82) is 0 Å². The van der Waals surface area contributed by atoms with E-state index in [-0.39, 0.29) is 12.1 Å². The Morgan fingerprint density at radius 3 is 2.72 bits per heavy atom. The highest BCUT2D eigenvalue weighted by Crippen LogP contribution is 2.28. The summed E-state index contributed by atoms with van der Waals surface area (Å²) < 4.78 is 40.5. The van der Waals surface area contributed by atoms with Crippen molar-refractivity contribution in [3.05, 3.63) is 50.6 Å². The number of aromatic nitrogens is 4. The second-order valence-corrected chi connectivity index (χ2v) is 6.63. The van der Waals surface area contributed by atoms with Gasteiger partial charge < -0.3 is 0 Å². The summed E-state index contributed by atoms with van der Waals surface area (Å²) in [5.41, 5.74) is 0.618. The number of alkyl halides is 3. The molecule has 0 aliphatic carbocycles. The average Bonchev–Trinajstić information content (AvgIpc) is 3.10. The molecule has 0 N–H and O–H groups in total. The number of rotatable bonds is 3. The summed E-state index contributed by atoms with van der Waals surface area (Å²) >= 11 is 1.33. The summed E-state index contributed by atoms with van der Waals surface area (Å²) in [6.07, 6.45) is -2.81. The number of aryl methyl sites for hydroxylation is 1. The Kier molecular flexibility index (Phi) is 4.23. The maximum Gasteiger partial charge on any atom is 0.419 e. The number of aliphatic imine (C=N–C) groups is 1. The summed E-state index contributed by atoms with van der Waals surface area (Å²) in [6, 6.07) is 1.31. The molecule has 0 saturated carbocycles. The maximum absolute atomic E-state index is 12.6. The van der Waals surface area contributed by atoms with Crippen LogP contribution >= 0.6 is 11.3 Å². The van der Waals surface area contributed by atoms with Crippen LogP contribution in [-0.4, -0.2) is 31.9 Å². The van der Waals surface area contributed by atoms with Gasteiger partial charge in [0, 0.05) is 24.2 Å². The van der Waals surface area contributed by atoms with Gasteiger partial charge in [0.25, 0.3) is 5.56 Å². The standard InChI is InChI=1S/C15H14F3N5OS/c1-8(19-3)13-9(2)25-14-21-11(4-12(24)23(13)14)7-22-6-10(5-20-22)15(16,17)18/h4-6H,7H2,1-3H3. The summed E-state index contributed by atoms with van der Waals surface area (Å²) in [6.45, 7) is 3.65. The highest BCUT2D eigenvalue weighted by molar-refractivity contribution is 7.17. The Labute approximate surface area is 144 Å². The highest BCUT2D eigenvalue weighted by atomic mass is 32.1. The van der Waals surface area contributed by atoms with Gasteiger partial charge in [0.1, 0.15) is 0 Å². The topological polar surface area (TPSA) is 64.5 Å². The summed E-state index contributed by atoms with van der Waals surface area (Å²) in [4.78, 5) is 22.3. The molecule has 0 unspecified atom stereocenters. The van der Waals surface area contributed by atoms with Crippen molar-refractivity contribution in [2.75, 3.05) is 7.05 Å². The quantitative estimate of drug-likeness (QED) is 0.667. The lowest BCUT2D eigenvalue weighted by Gasteiger charge is -2.04. The van der Waals surface area contributed by atoms with Crippen LogP contribution in [0, 0.1) is 6.92 Å². The molecule has 3 rings (SSSR count). The van der Waals surface area contributed by atoms with Gasteiger partial charge in [0.05, 0.1) is 35.4 Å². The highest BCUT2D eigenvalue weighted by Gasteiger charge is 2.32. The second-order valence-electron chi connectivity index (χ2n) is 5.44. The molecule has 10 heteroatoms. The Balaban J connectivity index is 2.02. The van der Waals surface area contributed by atoms with Gasteiger partial charge >= 0.3 is 6.18 Å². The molecule has 0 aliphatic heterocycles. The molecular formula is C15H14F3N5OS. The fourth-order valence-corrected chi connectivity index (χ4v) is 3.53. The molecule has 0 fully saturated rings. The first-order valence-corrected chi connectivity index (χ1v) is 8.08. The van der Waals surface area contributed by atoms with Gasteiger partial charge in [0.2, 0.25) is 0 Å². The van der Waals surface area contributed by atoms with Crippen molar-refractivity contribution in [2.45, 2.75) is 26.6 Å². The van der Waals surface area contributed by atoms with E-state index in [9.17, 15) is 18.0 Å².